The van der Waals surface area contributed by atoms with Crippen LogP contribution in [-0.4, -0.2) is 52.1 Å². The van der Waals surface area contributed by atoms with Gasteiger partial charge in [-0.3, -0.25) is 4.57 Å². The average Bonchev–Trinajstić information content (AvgIpc) is 3.76. The lowest BCUT2D eigenvalue weighted by atomic mass is 9.77. The van der Waals surface area contributed by atoms with E-state index in [-0.39, 0.29) is 6.61 Å². The highest BCUT2D eigenvalue weighted by molar-refractivity contribution is 5.84. The van der Waals surface area contributed by atoms with E-state index in [1.165, 1.54) is 17.2 Å². The summed E-state index contributed by atoms with van der Waals surface area (Å²) in [5, 5.41) is 15.2. The molecule has 8 aromatic rings. The van der Waals surface area contributed by atoms with E-state index < -0.39 is 17.6 Å². The molecule has 2 aromatic heterocycles. The first-order chi connectivity index (χ1) is 29.1. The molecule has 0 fully saturated rings. The van der Waals surface area contributed by atoms with Crippen LogP contribution >= 0.6 is 0 Å². The van der Waals surface area contributed by atoms with Crippen LogP contribution in [0.2, 0.25) is 0 Å². The lowest BCUT2D eigenvalue weighted by molar-refractivity contribution is -0.154. The Hall–Kier alpha value is -6.85. The first-order valence-corrected chi connectivity index (χ1v) is 19.5. The molecule has 0 spiro atoms. The van der Waals surface area contributed by atoms with Crippen LogP contribution in [0.25, 0.3) is 11.2 Å². The van der Waals surface area contributed by atoms with Crippen molar-refractivity contribution in [2.45, 2.75) is 24.0 Å². The van der Waals surface area contributed by atoms with Crippen molar-refractivity contribution in [1.82, 2.24) is 19.5 Å². The maximum atomic E-state index is 11.4. The Labute approximate surface area is 343 Å². The lowest BCUT2D eigenvalue weighted by Crippen LogP contribution is -2.38. The van der Waals surface area contributed by atoms with Gasteiger partial charge in [0.2, 0.25) is 6.41 Å². The summed E-state index contributed by atoms with van der Waals surface area (Å²) in [5.41, 5.74) is 4.95. The van der Waals surface area contributed by atoms with E-state index in [1.807, 2.05) is 121 Å². The van der Waals surface area contributed by atoms with Crippen molar-refractivity contribution < 1.29 is 24.1 Å². The summed E-state index contributed by atoms with van der Waals surface area (Å²) in [5.74, 6) is 1.99. The Morgan fingerprint density at radius 2 is 1.02 bits per heavy atom. The molecule has 2 N–H and O–H groups in total. The summed E-state index contributed by atoms with van der Waals surface area (Å²) >= 11 is 0. The second-order valence-corrected chi connectivity index (χ2v) is 13.9. The topological polar surface area (TPSA) is 113 Å². The predicted octanol–water partition coefficient (Wildman–Crippen LogP) is 9.11. The maximum absolute atomic E-state index is 11.4. The molecule has 1 atom stereocenters. The van der Waals surface area contributed by atoms with E-state index in [4.69, 9.17) is 28.9 Å². The Balaban J connectivity index is 1.05. The Bertz CT molecular complexity index is 2460. The molecular weight excluding hydrogens is 739 g/mol. The molecule has 0 amide bonds. The SMILES string of the molecule is COc1ccc(C(Nc2ncnc3c2ncn3C(O)OCCCOC(c2ccccc2)(c2ccccc2)c2ccc(OC)cc2)(c2ccccc2)c2ccccc2)cc1. The fourth-order valence-corrected chi connectivity index (χ4v) is 7.69. The summed E-state index contributed by atoms with van der Waals surface area (Å²) in [7, 11) is 3.31. The summed E-state index contributed by atoms with van der Waals surface area (Å²) in [6.45, 7) is 0.526. The molecular formula is C49H45N5O5. The fourth-order valence-electron chi connectivity index (χ4n) is 7.69. The van der Waals surface area contributed by atoms with Crippen molar-refractivity contribution in [1.29, 1.82) is 0 Å². The van der Waals surface area contributed by atoms with Crippen molar-refractivity contribution in [2.24, 2.45) is 0 Å². The molecule has 0 saturated heterocycles. The summed E-state index contributed by atoms with van der Waals surface area (Å²) in [4.78, 5) is 13.9. The monoisotopic (exact) mass is 783 g/mol. The quantitative estimate of drug-likeness (QED) is 0.0531. The standard InChI is InChI=1S/C49H45N5O5/c1-56-42-28-24-38(25-29-42)48(36-16-7-3-8-17-36,37-18-9-4-10-19-37)53-45-44-46(51-34-50-45)54(35-52-44)47(55)58-32-15-33-59-49(39-20-11-5-12-21-39,40-22-13-6-14-23-40)41-26-30-43(57-2)31-27-41/h3-14,16-31,34-35,47,55H,15,32-33H2,1-2H3,(H,50,51,53). The number of imidazole rings is 1. The molecule has 1 unspecified atom stereocenters. The molecule has 6 aromatic carbocycles. The minimum Gasteiger partial charge on any atom is -0.497 e. The molecule has 59 heavy (non-hydrogen) atoms. The number of aliphatic hydroxyl groups is 1. The number of hydrogen-bond acceptors (Lipinski definition) is 9. The molecule has 0 bridgehead atoms. The van der Waals surface area contributed by atoms with E-state index in [9.17, 15) is 5.11 Å². The molecule has 10 nitrogen and oxygen atoms in total. The van der Waals surface area contributed by atoms with Crippen LogP contribution in [0.5, 0.6) is 11.5 Å². The number of aromatic nitrogens is 4. The largest absolute Gasteiger partial charge is 0.497 e. The molecule has 0 aliphatic heterocycles. The summed E-state index contributed by atoms with van der Waals surface area (Å²) in [6, 6.07) is 56.7. The van der Waals surface area contributed by atoms with Crippen LogP contribution < -0.4 is 14.8 Å². The molecule has 0 saturated carbocycles. The first-order valence-electron chi connectivity index (χ1n) is 19.5. The Morgan fingerprint density at radius 1 is 0.559 bits per heavy atom. The summed E-state index contributed by atoms with van der Waals surface area (Å²) in [6.07, 6.45) is 2.10. The fraction of sp³-hybridized carbons (Fsp3) is 0.163. The number of methoxy groups -OCH3 is 2. The number of benzene rings is 6. The third kappa shape index (κ3) is 7.76. The van der Waals surface area contributed by atoms with E-state index in [1.54, 1.807) is 14.2 Å². The zero-order valence-electron chi connectivity index (χ0n) is 32.9. The van der Waals surface area contributed by atoms with E-state index >= 15 is 0 Å². The van der Waals surface area contributed by atoms with E-state index in [0.29, 0.717) is 30.0 Å². The van der Waals surface area contributed by atoms with Gasteiger partial charge >= 0.3 is 0 Å². The maximum Gasteiger partial charge on any atom is 0.244 e. The highest BCUT2D eigenvalue weighted by atomic mass is 16.6. The smallest absolute Gasteiger partial charge is 0.244 e. The molecule has 0 radical (unpaired) electrons. The van der Waals surface area contributed by atoms with Gasteiger partial charge in [0.1, 0.15) is 35.3 Å². The van der Waals surface area contributed by atoms with Gasteiger partial charge in [0, 0.05) is 0 Å². The van der Waals surface area contributed by atoms with E-state index in [2.05, 4.69) is 58.8 Å². The van der Waals surface area contributed by atoms with Crippen molar-refractivity contribution in [3.05, 3.63) is 216 Å². The average molecular weight is 784 g/mol. The molecule has 296 valence electrons. The van der Waals surface area contributed by atoms with Crippen molar-refractivity contribution >= 4 is 17.0 Å². The third-order valence-electron chi connectivity index (χ3n) is 10.6. The van der Waals surface area contributed by atoms with Gasteiger partial charge in [0.15, 0.2) is 17.0 Å². The van der Waals surface area contributed by atoms with Crippen LogP contribution in [0.4, 0.5) is 5.82 Å². The Morgan fingerprint density at radius 3 is 1.53 bits per heavy atom. The number of hydrogen-bond donors (Lipinski definition) is 2. The summed E-state index contributed by atoms with van der Waals surface area (Å²) < 4.78 is 25.4. The zero-order chi connectivity index (χ0) is 40.5. The van der Waals surface area contributed by atoms with Gasteiger partial charge in [-0.25, -0.2) is 15.0 Å². The molecule has 10 heteroatoms. The number of rotatable bonds is 17. The zero-order valence-corrected chi connectivity index (χ0v) is 32.9. The van der Waals surface area contributed by atoms with Gasteiger partial charge < -0.3 is 29.4 Å². The van der Waals surface area contributed by atoms with Crippen LogP contribution in [0.15, 0.2) is 183 Å². The van der Waals surface area contributed by atoms with Crippen molar-refractivity contribution in [2.75, 3.05) is 32.8 Å². The van der Waals surface area contributed by atoms with Gasteiger partial charge in [-0.2, -0.15) is 0 Å². The molecule has 2 heterocycles. The third-order valence-corrected chi connectivity index (χ3v) is 10.6. The number of nitrogens with one attached hydrogen (secondary N) is 1. The van der Waals surface area contributed by atoms with Gasteiger partial charge in [-0.05, 0) is 64.1 Å². The molecule has 0 aliphatic rings. The van der Waals surface area contributed by atoms with Crippen LogP contribution in [0, 0.1) is 0 Å². The number of fused-ring (bicyclic) bond motifs is 1. The molecule has 8 rings (SSSR count). The number of anilines is 1. The highest BCUT2D eigenvalue weighted by Crippen LogP contribution is 2.43. The van der Waals surface area contributed by atoms with Crippen molar-refractivity contribution in [3.8, 4) is 11.5 Å². The van der Waals surface area contributed by atoms with Crippen molar-refractivity contribution in [3.63, 3.8) is 0 Å². The van der Waals surface area contributed by atoms with Gasteiger partial charge in [-0.1, -0.05) is 146 Å². The van der Waals surface area contributed by atoms with Crippen LogP contribution in [-0.2, 0) is 20.6 Å². The number of ether oxygens (including phenoxy) is 4. The number of nitrogens with zero attached hydrogens (tertiary/aromatic N) is 4. The van der Waals surface area contributed by atoms with Gasteiger partial charge in [0.25, 0.3) is 0 Å². The second kappa shape index (κ2) is 17.7. The molecule has 0 aliphatic carbocycles. The predicted molar refractivity (Wildman–Crippen MR) is 228 cm³/mol. The Kier molecular flexibility index (Phi) is 11.7. The highest BCUT2D eigenvalue weighted by Gasteiger charge is 2.39. The minimum absolute atomic E-state index is 0.196. The van der Waals surface area contributed by atoms with Crippen LogP contribution in [0.1, 0.15) is 46.2 Å². The second-order valence-electron chi connectivity index (χ2n) is 13.9. The normalized spacial score (nSPS) is 12.3. The minimum atomic E-state index is -1.37. The van der Waals surface area contributed by atoms with Crippen LogP contribution in [0.3, 0.4) is 0 Å². The first kappa shape index (κ1) is 39.0. The van der Waals surface area contributed by atoms with Gasteiger partial charge in [0.05, 0.1) is 27.4 Å². The van der Waals surface area contributed by atoms with Gasteiger partial charge in [-0.15, -0.1) is 0 Å². The lowest BCUT2D eigenvalue weighted by Gasteiger charge is -2.37. The number of aliphatic hydroxyl groups excluding tert-OH is 1. The van der Waals surface area contributed by atoms with E-state index in [0.717, 1.165) is 44.9 Å².